The highest BCUT2D eigenvalue weighted by molar-refractivity contribution is 5.45. The van der Waals surface area contributed by atoms with Crippen LogP contribution in [0.25, 0.3) is 0 Å². The molecule has 0 spiro atoms. The lowest BCUT2D eigenvalue weighted by atomic mass is 10.1. The molecule has 0 saturated carbocycles. The molecule has 0 bridgehead atoms. The zero-order valence-electron chi connectivity index (χ0n) is 11.5. The molecule has 100 valence electrons. The summed E-state index contributed by atoms with van der Waals surface area (Å²) in [5, 5.41) is 6.42. The van der Waals surface area contributed by atoms with Crippen molar-refractivity contribution in [2.45, 2.75) is 26.3 Å². The third-order valence-corrected chi connectivity index (χ3v) is 3.54. The molecule has 1 unspecified atom stereocenters. The van der Waals surface area contributed by atoms with E-state index in [-0.39, 0.29) is 0 Å². The van der Waals surface area contributed by atoms with Gasteiger partial charge in [-0.15, -0.1) is 0 Å². The Morgan fingerprint density at radius 2 is 2.17 bits per heavy atom. The van der Waals surface area contributed by atoms with Crippen LogP contribution in [0.4, 0.5) is 11.6 Å². The standard InChI is InChI=1S/C13H23N5/c1-10(2)18-5-4-11(8-18)7-15-13-6-12(14-3)16-9-17-13/h6,9-11H,4-5,7-8H2,1-3H3,(H2,14,15,16,17). The summed E-state index contributed by atoms with van der Waals surface area (Å²) in [6, 6.07) is 2.60. The van der Waals surface area contributed by atoms with E-state index in [1.165, 1.54) is 19.5 Å². The zero-order chi connectivity index (χ0) is 13.0. The van der Waals surface area contributed by atoms with Gasteiger partial charge >= 0.3 is 0 Å². The van der Waals surface area contributed by atoms with Gasteiger partial charge in [-0.1, -0.05) is 0 Å². The highest BCUT2D eigenvalue weighted by Crippen LogP contribution is 2.19. The number of hydrogen-bond donors (Lipinski definition) is 2. The average Bonchev–Trinajstić information content (AvgIpc) is 2.85. The largest absolute Gasteiger partial charge is 0.373 e. The summed E-state index contributed by atoms with van der Waals surface area (Å²) in [4.78, 5) is 10.9. The second kappa shape index (κ2) is 6.00. The van der Waals surface area contributed by atoms with E-state index in [1.807, 2.05) is 13.1 Å². The molecule has 1 aliphatic rings. The van der Waals surface area contributed by atoms with Gasteiger partial charge in [-0.05, 0) is 32.7 Å². The van der Waals surface area contributed by atoms with E-state index >= 15 is 0 Å². The van der Waals surface area contributed by atoms with Gasteiger partial charge in [0.15, 0.2) is 0 Å². The average molecular weight is 249 g/mol. The Hall–Kier alpha value is -1.36. The maximum Gasteiger partial charge on any atom is 0.131 e. The van der Waals surface area contributed by atoms with E-state index in [0.717, 1.165) is 24.1 Å². The molecule has 1 fully saturated rings. The summed E-state index contributed by atoms with van der Waals surface area (Å²) in [7, 11) is 1.86. The second-order valence-electron chi connectivity index (χ2n) is 5.16. The highest BCUT2D eigenvalue weighted by atomic mass is 15.2. The third-order valence-electron chi connectivity index (χ3n) is 3.54. The van der Waals surface area contributed by atoms with E-state index in [0.29, 0.717) is 6.04 Å². The van der Waals surface area contributed by atoms with Crippen molar-refractivity contribution < 1.29 is 0 Å². The van der Waals surface area contributed by atoms with Gasteiger partial charge in [0.1, 0.15) is 18.0 Å². The van der Waals surface area contributed by atoms with Crippen molar-refractivity contribution in [3.05, 3.63) is 12.4 Å². The lowest BCUT2D eigenvalue weighted by Gasteiger charge is -2.20. The van der Waals surface area contributed by atoms with E-state index < -0.39 is 0 Å². The first-order valence-electron chi connectivity index (χ1n) is 6.66. The lowest BCUT2D eigenvalue weighted by molar-refractivity contribution is 0.266. The Labute approximate surface area is 109 Å². The second-order valence-corrected chi connectivity index (χ2v) is 5.16. The summed E-state index contributed by atoms with van der Waals surface area (Å²) in [6.45, 7) is 7.92. The number of hydrogen-bond acceptors (Lipinski definition) is 5. The van der Waals surface area contributed by atoms with Crippen molar-refractivity contribution in [3.63, 3.8) is 0 Å². The number of anilines is 2. The monoisotopic (exact) mass is 249 g/mol. The number of likely N-dealkylation sites (tertiary alicyclic amines) is 1. The minimum atomic E-state index is 0.657. The normalized spacial score (nSPS) is 20.3. The molecule has 0 amide bonds. The summed E-state index contributed by atoms with van der Waals surface area (Å²) in [6.07, 6.45) is 2.86. The van der Waals surface area contributed by atoms with Gasteiger partial charge in [-0.3, -0.25) is 0 Å². The Morgan fingerprint density at radius 1 is 1.39 bits per heavy atom. The fourth-order valence-corrected chi connectivity index (χ4v) is 2.34. The number of rotatable bonds is 5. The summed E-state index contributed by atoms with van der Waals surface area (Å²) in [5.41, 5.74) is 0. The van der Waals surface area contributed by atoms with E-state index in [4.69, 9.17) is 0 Å². The van der Waals surface area contributed by atoms with Gasteiger partial charge in [0.2, 0.25) is 0 Å². The van der Waals surface area contributed by atoms with Crippen molar-refractivity contribution in [1.82, 2.24) is 14.9 Å². The molecule has 2 rings (SSSR count). The fourth-order valence-electron chi connectivity index (χ4n) is 2.34. The topological polar surface area (TPSA) is 53.1 Å². The molecular weight excluding hydrogens is 226 g/mol. The molecule has 0 radical (unpaired) electrons. The van der Waals surface area contributed by atoms with E-state index in [2.05, 4.69) is 39.3 Å². The first-order chi connectivity index (χ1) is 8.69. The molecule has 0 aliphatic carbocycles. The van der Waals surface area contributed by atoms with Gasteiger partial charge in [-0.25, -0.2) is 9.97 Å². The Kier molecular flexibility index (Phi) is 4.36. The first kappa shape index (κ1) is 13.1. The minimum Gasteiger partial charge on any atom is -0.373 e. The Morgan fingerprint density at radius 3 is 2.83 bits per heavy atom. The quantitative estimate of drug-likeness (QED) is 0.831. The summed E-state index contributed by atoms with van der Waals surface area (Å²) < 4.78 is 0. The molecule has 2 N–H and O–H groups in total. The lowest BCUT2D eigenvalue weighted by Crippen LogP contribution is -2.29. The molecule has 1 atom stereocenters. The van der Waals surface area contributed by atoms with Gasteiger partial charge in [0, 0.05) is 32.2 Å². The highest BCUT2D eigenvalue weighted by Gasteiger charge is 2.23. The third kappa shape index (κ3) is 3.32. The van der Waals surface area contributed by atoms with Crippen LogP contribution in [0.15, 0.2) is 12.4 Å². The number of nitrogens with zero attached hydrogens (tertiary/aromatic N) is 3. The van der Waals surface area contributed by atoms with Crippen molar-refractivity contribution in [3.8, 4) is 0 Å². The van der Waals surface area contributed by atoms with Gasteiger partial charge < -0.3 is 15.5 Å². The van der Waals surface area contributed by atoms with Crippen molar-refractivity contribution >= 4 is 11.6 Å². The molecule has 1 aromatic heterocycles. The molecule has 2 heterocycles. The molecule has 1 saturated heterocycles. The SMILES string of the molecule is CNc1cc(NCC2CCN(C(C)C)C2)ncn1. The molecule has 0 aromatic carbocycles. The predicted molar refractivity (Wildman–Crippen MR) is 74.9 cm³/mol. The van der Waals surface area contributed by atoms with Crippen LogP contribution in [0.2, 0.25) is 0 Å². The fraction of sp³-hybridized carbons (Fsp3) is 0.692. The van der Waals surface area contributed by atoms with Crippen LogP contribution in [-0.2, 0) is 0 Å². The molecule has 5 heteroatoms. The minimum absolute atomic E-state index is 0.657. The van der Waals surface area contributed by atoms with Crippen molar-refractivity contribution in [1.29, 1.82) is 0 Å². The van der Waals surface area contributed by atoms with Crippen molar-refractivity contribution in [2.24, 2.45) is 5.92 Å². The van der Waals surface area contributed by atoms with Gasteiger partial charge in [0.05, 0.1) is 0 Å². The van der Waals surface area contributed by atoms with Crippen LogP contribution in [-0.4, -0.2) is 47.6 Å². The van der Waals surface area contributed by atoms with Crippen LogP contribution in [0, 0.1) is 5.92 Å². The Balaban J connectivity index is 1.81. The number of nitrogens with one attached hydrogen (secondary N) is 2. The number of aromatic nitrogens is 2. The summed E-state index contributed by atoms with van der Waals surface area (Å²) in [5.74, 6) is 2.47. The maximum absolute atomic E-state index is 4.23. The molecule has 5 nitrogen and oxygen atoms in total. The van der Waals surface area contributed by atoms with Crippen LogP contribution in [0.3, 0.4) is 0 Å². The summed E-state index contributed by atoms with van der Waals surface area (Å²) >= 11 is 0. The molecule has 18 heavy (non-hydrogen) atoms. The predicted octanol–water partition coefficient (Wildman–Crippen LogP) is 1.66. The van der Waals surface area contributed by atoms with E-state index in [1.54, 1.807) is 6.33 Å². The van der Waals surface area contributed by atoms with E-state index in [9.17, 15) is 0 Å². The first-order valence-corrected chi connectivity index (χ1v) is 6.66. The molecular formula is C13H23N5. The van der Waals surface area contributed by atoms with Crippen LogP contribution in [0.1, 0.15) is 20.3 Å². The van der Waals surface area contributed by atoms with Crippen LogP contribution < -0.4 is 10.6 Å². The maximum atomic E-state index is 4.23. The van der Waals surface area contributed by atoms with Gasteiger partial charge in [0.25, 0.3) is 0 Å². The van der Waals surface area contributed by atoms with Crippen LogP contribution >= 0.6 is 0 Å². The van der Waals surface area contributed by atoms with Crippen molar-refractivity contribution in [2.75, 3.05) is 37.3 Å². The van der Waals surface area contributed by atoms with Crippen LogP contribution in [0.5, 0.6) is 0 Å². The van der Waals surface area contributed by atoms with Gasteiger partial charge in [-0.2, -0.15) is 0 Å². The zero-order valence-corrected chi connectivity index (χ0v) is 11.5. The Bertz CT molecular complexity index is 379. The molecule has 1 aromatic rings. The smallest absolute Gasteiger partial charge is 0.131 e. The molecule has 1 aliphatic heterocycles.